The summed E-state index contributed by atoms with van der Waals surface area (Å²) in [6.45, 7) is 3.98. The van der Waals surface area contributed by atoms with Gasteiger partial charge in [0, 0.05) is 13.1 Å². The van der Waals surface area contributed by atoms with E-state index in [1.165, 1.54) is 19.3 Å². The summed E-state index contributed by atoms with van der Waals surface area (Å²) in [5.74, 6) is 0.858. The molecular weight excluding hydrogens is 304 g/mol. The second-order valence-electron chi connectivity index (χ2n) is 5.22. The summed E-state index contributed by atoms with van der Waals surface area (Å²) in [6, 6.07) is 5.50. The molecule has 2 rings (SSSR count). The molecule has 0 aromatic carbocycles. The van der Waals surface area contributed by atoms with Crippen molar-refractivity contribution in [2.75, 3.05) is 13.1 Å². The topological polar surface area (TPSA) is 33.2 Å². The highest BCUT2D eigenvalue weighted by atomic mass is 79.9. The molecule has 1 aromatic rings. The van der Waals surface area contributed by atoms with Crippen molar-refractivity contribution in [1.82, 2.24) is 9.88 Å². The summed E-state index contributed by atoms with van der Waals surface area (Å²) in [5.41, 5.74) is 0.545. The van der Waals surface area contributed by atoms with E-state index in [9.17, 15) is 4.79 Å². The molecule has 1 atom stereocenters. The zero-order chi connectivity index (χ0) is 13.7. The Bertz CT molecular complexity index is 436. The van der Waals surface area contributed by atoms with E-state index in [4.69, 9.17) is 0 Å². The van der Waals surface area contributed by atoms with E-state index in [1.807, 2.05) is 17.0 Å². The predicted octanol–water partition coefficient (Wildman–Crippen LogP) is 3.89. The second-order valence-corrected chi connectivity index (χ2v) is 6.04. The lowest BCUT2D eigenvalue weighted by Crippen LogP contribution is -2.32. The minimum absolute atomic E-state index is 0.0680. The van der Waals surface area contributed by atoms with Gasteiger partial charge in [-0.15, -0.1) is 0 Å². The molecule has 2 heterocycles. The van der Waals surface area contributed by atoms with Gasteiger partial charge in [0.05, 0.1) is 0 Å². The normalized spacial score (nSPS) is 20.1. The van der Waals surface area contributed by atoms with Gasteiger partial charge in [0.2, 0.25) is 0 Å². The molecule has 1 unspecified atom stereocenters. The SMILES string of the molecule is CCCC1CCCN(C(=O)c2cccc(Br)n2)CC1. The fourth-order valence-corrected chi connectivity index (χ4v) is 3.10. The minimum Gasteiger partial charge on any atom is -0.337 e. The highest BCUT2D eigenvalue weighted by Gasteiger charge is 2.21. The van der Waals surface area contributed by atoms with Gasteiger partial charge >= 0.3 is 0 Å². The van der Waals surface area contributed by atoms with E-state index in [-0.39, 0.29) is 5.91 Å². The Kier molecular flexibility index (Phi) is 5.37. The molecule has 1 fully saturated rings. The lowest BCUT2D eigenvalue weighted by Gasteiger charge is -2.20. The molecule has 19 heavy (non-hydrogen) atoms. The highest BCUT2D eigenvalue weighted by Crippen LogP contribution is 2.22. The fourth-order valence-electron chi connectivity index (χ4n) is 2.75. The molecule has 4 heteroatoms. The summed E-state index contributed by atoms with van der Waals surface area (Å²) in [5, 5.41) is 0. The number of likely N-dealkylation sites (tertiary alicyclic amines) is 1. The van der Waals surface area contributed by atoms with Crippen LogP contribution in [0, 0.1) is 5.92 Å². The number of aromatic nitrogens is 1. The maximum atomic E-state index is 12.4. The van der Waals surface area contributed by atoms with Crippen LogP contribution in [0.3, 0.4) is 0 Å². The molecule has 1 aliphatic rings. The van der Waals surface area contributed by atoms with Crippen LogP contribution in [0.25, 0.3) is 0 Å². The first-order valence-corrected chi connectivity index (χ1v) is 7.92. The number of pyridine rings is 1. The highest BCUT2D eigenvalue weighted by molar-refractivity contribution is 9.10. The zero-order valence-electron chi connectivity index (χ0n) is 11.4. The summed E-state index contributed by atoms with van der Waals surface area (Å²) >= 11 is 3.32. The van der Waals surface area contributed by atoms with Crippen molar-refractivity contribution >= 4 is 21.8 Å². The lowest BCUT2D eigenvalue weighted by molar-refractivity contribution is 0.0753. The smallest absolute Gasteiger partial charge is 0.272 e. The third kappa shape index (κ3) is 4.03. The van der Waals surface area contributed by atoms with E-state index in [2.05, 4.69) is 27.8 Å². The number of rotatable bonds is 3. The lowest BCUT2D eigenvalue weighted by atomic mass is 9.96. The molecule has 1 aromatic heterocycles. The van der Waals surface area contributed by atoms with Crippen molar-refractivity contribution in [3.8, 4) is 0 Å². The van der Waals surface area contributed by atoms with Crippen molar-refractivity contribution in [1.29, 1.82) is 0 Å². The summed E-state index contributed by atoms with van der Waals surface area (Å²) < 4.78 is 0.719. The van der Waals surface area contributed by atoms with E-state index in [0.29, 0.717) is 5.69 Å². The van der Waals surface area contributed by atoms with E-state index < -0.39 is 0 Å². The summed E-state index contributed by atoms with van der Waals surface area (Å²) in [7, 11) is 0. The van der Waals surface area contributed by atoms with Crippen molar-refractivity contribution in [3.63, 3.8) is 0 Å². The van der Waals surface area contributed by atoms with Crippen molar-refractivity contribution in [3.05, 3.63) is 28.5 Å². The molecule has 1 amide bonds. The number of carbonyl (C=O) groups excluding carboxylic acids is 1. The van der Waals surface area contributed by atoms with E-state index >= 15 is 0 Å². The average Bonchev–Trinajstić information content (AvgIpc) is 2.64. The Morgan fingerprint density at radius 3 is 3.00 bits per heavy atom. The van der Waals surface area contributed by atoms with Gasteiger partial charge in [-0.05, 0) is 53.2 Å². The zero-order valence-corrected chi connectivity index (χ0v) is 13.0. The molecule has 0 spiro atoms. The number of nitrogens with zero attached hydrogens (tertiary/aromatic N) is 2. The Balaban J connectivity index is 2.00. The van der Waals surface area contributed by atoms with Gasteiger partial charge in [-0.1, -0.05) is 25.8 Å². The monoisotopic (exact) mass is 324 g/mol. The molecule has 0 radical (unpaired) electrons. The number of halogens is 1. The van der Waals surface area contributed by atoms with Gasteiger partial charge in [-0.2, -0.15) is 0 Å². The Labute approximate surface area is 123 Å². The van der Waals surface area contributed by atoms with Gasteiger partial charge in [-0.25, -0.2) is 4.98 Å². The van der Waals surface area contributed by atoms with Crippen LogP contribution in [-0.2, 0) is 0 Å². The van der Waals surface area contributed by atoms with Crippen LogP contribution in [0.15, 0.2) is 22.8 Å². The van der Waals surface area contributed by atoms with Crippen LogP contribution in [0.5, 0.6) is 0 Å². The molecule has 104 valence electrons. The number of carbonyl (C=O) groups is 1. The van der Waals surface area contributed by atoms with Crippen LogP contribution in [0.2, 0.25) is 0 Å². The Morgan fingerprint density at radius 1 is 1.42 bits per heavy atom. The van der Waals surface area contributed by atoms with Gasteiger partial charge in [0.25, 0.3) is 5.91 Å². The summed E-state index contributed by atoms with van der Waals surface area (Å²) in [6.07, 6.45) is 6.03. The predicted molar refractivity (Wildman–Crippen MR) is 80.1 cm³/mol. The van der Waals surface area contributed by atoms with Gasteiger partial charge in [-0.3, -0.25) is 4.79 Å². The minimum atomic E-state index is 0.0680. The van der Waals surface area contributed by atoms with Crippen LogP contribution >= 0.6 is 15.9 Å². The van der Waals surface area contributed by atoms with Gasteiger partial charge in [0.15, 0.2) is 0 Å². The van der Waals surface area contributed by atoms with Gasteiger partial charge in [0.1, 0.15) is 10.3 Å². The largest absolute Gasteiger partial charge is 0.337 e. The number of amides is 1. The first-order chi connectivity index (χ1) is 9.20. The maximum Gasteiger partial charge on any atom is 0.272 e. The Hall–Kier alpha value is -0.900. The third-order valence-electron chi connectivity index (χ3n) is 3.77. The van der Waals surface area contributed by atoms with Crippen molar-refractivity contribution in [2.24, 2.45) is 5.92 Å². The molecule has 3 nitrogen and oxygen atoms in total. The number of hydrogen-bond donors (Lipinski definition) is 0. The fraction of sp³-hybridized carbons (Fsp3) is 0.600. The standard InChI is InChI=1S/C15H21BrN2O/c1-2-5-12-6-4-10-18(11-9-12)15(19)13-7-3-8-14(16)17-13/h3,7-8,12H,2,4-6,9-11H2,1H3. The molecule has 0 bridgehead atoms. The first kappa shape index (κ1) is 14.5. The first-order valence-electron chi connectivity index (χ1n) is 7.12. The summed E-state index contributed by atoms with van der Waals surface area (Å²) in [4.78, 5) is 18.6. The molecule has 1 saturated heterocycles. The second kappa shape index (κ2) is 7.04. The van der Waals surface area contributed by atoms with Crippen LogP contribution in [0.1, 0.15) is 49.5 Å². The molecule has 0 aliphatic carbocycles. The number of hydrogen-bond acceptors (Lipinski definition) is 2. The Morgan fingerprint density at radius 2 is 2.26 bits per heavy atom. The third-order valence-corrected chi connectivity index (χ3v) is 4.21. The molecular formula is C15H21BrN2O. The molecule has 0 saturated carbocycles. The van der Waals surface area contributed by atoms with E-state index in [0.717, 1.165) is 36.5 Å². The van der Waals surface area contributed by atoms with Crippen LogP contribution < -0.4 is 0 Å². The van der Waals surface area contributed by atoms with Crippen LogP contribution in [0.4, 0.5) is 0 Å². The average molecular weight is 325 g/mol. The van der Waals surface area contributed by atoms with E-state index in [1.54, 1.807) is 6.07 Å². The van der Waals surface area contributed by atoms with Crippen molar-refractivity contribution < 1.29 is 4.79 Å². The molecule has 1 aliphatic heterocycles. The maximum absolute atomic E-state index is 12.4. The van der Waals surface area contributed by atoms with Crippen molar-refractivity contribution in [2.45, 2.75) is 39.0 Å². The quantitative estimate of drug-likeness (QED) is 0.790. The molecule has 0 N–H and O–H groups in total. The van der Waals surface area contributed by atoms with Gasteiger partial charge < -0.3 is 4.90 Å². The van der Waals surface area contributed by atoms with Crippen LogP contribution in [-0.4, -0.2) is 28.9 Å².